The van der Waals surface area contributed by atoms with Gasteiger partial charge in [-0.25, -0.2) is 8.42 Å². The summed E-state index contributed by atoms with van der Waals surface area (Å²) >= 11 is 0. The molecule has 0 amide bonds. The van der Waals surface area contributed by atoms with E-state index in [0.717, 1.165) is 6.26 Å². The third-order valence-corrected chi connectivity index (χ3v) is 3.47. The first-order valence-corrected chi connectivity index (χ1v) is 6.77. The lowest BCUT2D eigenvalue weighted by Gasteiger charge is -2.11. The van der Waals surface area contributed by atoms with Crippen LogP contribution in [0.25, 0.3) is 0 Å². The Bertz CT molecular complexity index is 489. The average molecular weight is 258 g/mol. The molecule has 94 valence electrons. The maximum Gasteiger partial charge on any atom is 0.313 e. The molecule has 17 heavy (non-hydrogen) atoms. The summed E-state index contributed by atoms with van der Waals surface area (Å²) in [6, 6.07) is 5.79. The zero-order valence-corrected chi connectivity index (χ0v) is 10.4. The predicted octanol–water partition coefficient (Wildman–Crippen LogP) is 0.905. The molecular formula is C11H14O5S. The highest BCUT2D eigenvalue weighted by molar-refractivity contribution is 7.90. The van der Waals surface area contributed by atoms with Gasteiger partial charge in [0.25, 0.3) is 0 Å². The number of sulfone groups is 1. The van der Waals surface area contributed by atoms with Crippen molar-refractivity contribution in [3.05, 3.63) is 29.8 Å². The Morgan fingerprint density at radius 2 is 1.88 bits per heavy atom. The SMILES string of the molecule is COCC(C(=O)O)c1ccc(S(C)(=O)=O)cc1. The molecule has 0 radical (unpaired) electrons. The van der Waals surface area contributed by atoms with Crippen molar-refractivity contribution in [1.29, 1.82) is 0 Å². The van der Waals surface area contributed by atoms with Gasteiger partial charge >= 0.3 is 5.97 Å². The Hall–Kier alpha value is -1.40. The number of rotatable bonds is 5. The van der Waals surface area contributed by atoms with Crippen molar-refractivity contribution in [2.75, 3.05) is 20.0 Å². The molecule has 0 aliphatic heterocycles. The van der Waals surface area contributed by atoms with Crippen LogP contribution in [0.5, 0.6) is 0 Å². The van der Waals surface area contributed by atoms with E-state index < -0.39 is 21.7 Å². The molecule has 1 rings (SSSR count). The van der Waals surface area contributed by atoms with Crippen LogP contribution >= 0.6 is 0 Å². The van der Waals surface area contributed by atoms with Crippen molar-refractivity contribution >= 4 is 15.8 Å². The maximum atomic E-state index is 11.2. The number of ether oxygens (including phenoxy) is 1. The van der Waals surface area contributed by atoms with Crippen LogP contribution < -0.4 is 0 Å². The van der Waals surface area contributed by atoms with Crippen LogP contribution in [0.1, 0.15) is 11.5 Å². The fraction of sp³-hybridized carbons (Fsp3) is 0.364. The van der Waals surface area contributed by atoms with E-state index in [2.05, 4.69) is 0 Å². The van der Waals surface area contributed by atoms with Crippen LogP contribution in [0.3, 0.4) is 0 Å². The van der Waals surface area contributed by atoms with Crippen LogP contribution in [0.4, 0.5) is 0 Å². The average Bonchev–Trinajstić information content (AvgIpc) is 2.24. The van der Waals surface area contributed by atoms with E-state index in [0.29, 0.717) is 5.56 Å². The molecule has 5 nitrogen and oxygen atoms in total. The van der Waals surface area contributed by atoms with Crippen molar-refractivity contribution < 1.29 is 23.1 Å². The lowest BCUT2D eigenvalue weighted by Crippen LogP contribution is -2.17. The first-order chi connectivity index (χ1) is 7.86. The lowest BCUT2D eigenvalue weighted by molar-refractivity contribution is -0.140. The van der Waals surface area contributed by atoms with Crippen LogP contribution in [-0.4, -0.2) is 39.5 Å². The summed E-state index contributed by atoms with van der Waals surface area (Å²) in [6.45, 7) is 0.0492. The highest BCUT2D eigenvalue weighted by Gasteiger charge is 2.20. The number of carboxylic acid groups (broad SMARTS) is 1. The first kappa shape index (κ1) is 13.7. The fourth-order valence-corrected chi connectivity index (χ4v) is 2.05. The van der Waals surface area contributed by atoms with Gasteiger partial charge in [0.05, 0.1) is 11.5 Å². The van der Waals surface area contributed by atoms with Gasteiger partial charge in [-0.2, -0.15) is 0 Å². The molecule has 1 unspecified atom stereocenters. The molecule has 0 heterocycles. The number of carbonyl (C=O) groups is 1. The molecule has 0 aromatic heterocycles. The second-order valence-electron chi connectivity index (χ2n) is 3.69. The normalized spacial score (nSPS) is 13.3. The van der Waals surface area contributed by atoms with Crippen molar-refractivity contribution in [1.82, 2.24) is 0 Å². The van der Waals surface area contributed by atoms with Gasteiger partial charge in [-0.05, 0) is 17.7 Å². The Balaban J connectivity index is 3.04. The summed E-state index contributed by atoms with van der Waals surface area (Å²) < 4.78 is 27.3. The highest BCUT2D eigenvalue weighted by atomic mass is 32.2. The van der Waals surface area contributed by atoms with Crippen LogP contribution in [0.15, 0.2) is 29.2 Å². The molecular weight excluding hydrogens is 244 g/mol. The van der Waals surface area contributed by atoms with Gasteiger partial charge in [0.1, 0.15) is 5.92 Å². The second-order valence-corrected chi connectivity index (χ2v) is 5.70. The van der Waals surface area contributed by atoms with Crippen LogP contribution in [-0.2, 0) is 19.4 Å². The molecule has 0 saturated carbocycles. The summed E-state index contributed by atoms with van der Waals surface area (Å²) in [5.41, 5.74) is 0.520. The molecule has 0 aliphatic carbocycles. The maximum absolute atomic E-state index is 11.2. The summed E-state index contributed by atoms with van der Waals surface area (Å²) in [7, 11) is -1.84. The van der Waals surface area contributed by atoms with E-state index >= 15 is 0 Å². The van der Waals surface area contributed by atoms with Gasteiger partial charge in [0, 0.05) is 13.4 Å². The number of carboxylic acids is 1. The van der Waals surface area contributed by atoms with Gasteiger partial charge in [0.15, 0.2) is 9.84 Å². The van der Waals surface area contributed by atoms with Gasteiger partial charge in [-0.15, -0.1) is 0 Å². The number of hydrogen-bond acceptors (Lipinski definition) is 4. The minimum atomic E-state index is -3.26. The molecule has 1 atom stereocenters. The van der Waals surface area contributed by atoms with E-state index in [1.807, 2.05) is 0 Å². The first-order valence-electron chi connectivity index (χ1n) is 4.88. The molecule has 0 saturated heterocycles. The standard InChI is InChI=1S/C11H14O5S/c1-16-7-10(11(12)13)8-3-5-9(6-4-8)17(2,14)15/h3-6,10H,7H2,1-2H3,(H,12,13). The zero-order chi connectivity index (χ0) is 13.1. The van der Waals surface area contributed by atoms with E-state index in [9.17, 15) is 13.2 Å². The third-order valence-electron chi connectivity index (χ3n) is 2.34. The summed E-state index contributed by atoms with van der Waals surface area (Å²) in [4.78, 5) is 11.1. The Morgan fingerprint density at radius 1 is 1.35 bits per heavy atom. The quantitative estimate of drug-likeness (QED) is 0.848. The number of methoxy groups -OCH3 is 1. The van der Waals surface area contributed by atoms with Crippen molar-refractivity contribution in [3.8, 4) is 0 Å². The van der Waals surface area contributed by atoms with Gasteiger partial charge in [0.2, 0.25) is 0 Å². The topological polar surface area (TPSA) is 80.7 Å². The Labute approximate surface area is 100.0 Å². The molecule has 1 aromatic rings. The highest BCUT2D eigenvalue weighted by Crippen LogP contribution is 2.19. The lowest BCUT2D eigenvalue weighted by atomic mass is 10.0. The summed E-state index contributed by atoms with van der Waals surface area (Å²) in [5, 5.41) is 8.99. The minimum absolute atomic E-state index is 0.0492. The van der Waals surface area contributed by atoms with Crippen LogP contribution in [0.2, 0.25) is 0 Å². The van der Waals surface area contributed by atoms with E-state index in [1.54, 1.807) is 0 Å². The van der Waals surface area contributed by atoms with Crippen molar-refractivity contribution in [2.45, 2.75) is 10.8 Å². The van der Waals surface area contributed by atoms with Crippen molar-refractivity contribution in [3.63, 3.8) is 0 Å². The third kappa shape index (κ3) is 3.54. The van der Waals surface area contributed by atoms with Gasteiger partial charge < -0.3 is 9.84 Å². The fourth-order valence-electron chi connectivity index (χ4n) is 1.42. The molecule has 0 fully saturated rings. The number of hydrogen-bond donors (Lipinski definition) is 1. The summed E-state index contributed by atoms with van der Waals surface area (Å²) in [6.07, 6.45) is 1.10. The summed E-state index contributed by atoms with van der Waals surface area (Å²) in [5.74, 6) is -1.78. The molecule has 0 aliphatic rings. The smallest absolute Gasteiger partial charge is 0.313 e. The van der Waals surface area contributed by atoms with Crippen molar-refractivity contribution in [2.24, 2.45) is 0 Å². The molecule has 1 aromatic carbocycles. The van der Waals surface area contributed by atoms with E-state index in [4.69, 9.17) is 9.84 Å². The largest absolute Gasteiger partial charge is 0.481 e. The predicted molar refractivity (Wildman–Crippen MR) is 61.8 cm³/mol. The second kappa shape index (κ2) is 5.29. The Kier molecular flexibility index (Phi) is 4.25. The zero-order valence-electron chi connectivity index (χ0n) is 9.58. The minimum Gasteiger partial charge on any atom is -0.481 e. The molecule has 0 spiro atoms. The monoisotopic (exact) mass is 258 g/mol. The van der Waals surface area contributed by atoms with E-state index in [1.165, 1.54) is 31.4 Å². The molecule has 0 bridgehead atoms. The van der Waals surface area contributed by atoms with E-state index in [-0.39, 0.29) is 11.5 Å². The van der Waals surface area contributed by atoms with Gasteiger partial charge in [-0.3, -0.25) is 4.79 Å². The van der Waals surface area contributed by atoms with Gasteiger partial charge in [-0.1, -0.05) is 12.1 Å². The number of benzene rings is 1. The molecule has 6 heteroatoms. The van der Waals surface area contributed by atoms with Crippen LogP contribution in [0, 0.1) is 0 Å². The number of aliphatic carboxylic acids is 1. The molecule has 1 N–H and O–H groups in total. The Morgan fingerprint density at radius 3 is 2.24 bits per heavy atom.